The highest BCUT2D eigenvalue weighted by molar-refractivity contribution is 5.85. The predicted molar refractivity (Wildman–Crippen MR) is 87.6 cm³/mol. The van der Waals surface area contributed by atoms with Crippen LogP contribution in [0.15, 0.2) is 66.7 Å². The summed E-state index contributed by atoms with van der Waals surface area (Å²) in [6.45, 7) is 1.25. The van der Waals surface area contributed by atoms with E-state index in [0.29, 0.717) is 13.1 Å². The van der Waals surface area contributed by atoms with E-state index in [-0.39, 0.29) is 5.75 Å². The van der Waals surface area contributed by atoms with Crippen molar-refractivity contribution in [2.45, 2.75) is 19.5 Å². The van der Waals surface area contributed by atoms with Crippen LogP contribution in [-0.4, -0.2) is 6.36 Å². The van der Waals surface area contributed by atoms with Gasteiger partial charge in [-0.3, -0.25) is 0 Å². The van der Waals surface area contributed by atoms with Gasteiger partial charge in [-0.05, 0) is 34.0 Å². The van der Waals surface area contributed by atoms with Gasteiger partial charge in [-0.2, -0.15) is 0 Å². The van der Waals surface area contributed by atoms with Crippen LogP contribution < -0.4 is 10.1 Å². The lowest BCUT2D eigenvalue weighted by molar-refractivity contribution is -0.274. The van der Waals surface area contributed by atoms with Gasteiger partial charge in [0, 0.05) is 13.1 Å². The van der Waals surface area contributed by atoms with E-state index in [0.717, 1.165) is 5.56 Å². The van der Waals surface area contributed by atoms with Crippen molar-refractivity contribution in [1.29, 1.82) is 0 Å². The van der Waals surface area contributed by atoms with Gasteiger partial charge in [-0.25, -0.2) is 0 Å². The molecule has 0 spiro atoms. The maximum absolute atomic E-state index is 12.1. The summed E-state index contributed by atoms with van der Waals surface area (Å²) in [5.41, 5.74) is 2.08. The number of benzene rings is 3. The molecule has 3 aromatic carbocycles. The SMILES string of the molecule is FC(F)(F)Oc1ccc(CNCc2cccc3ccccc23)cc1. The van der Waals surface area contributed by atoms with Crippen LogP contribution in [0.5, 0.6) is 5.75 Å². The molecule has 0 fully saturated rings. The van der Waals surface area contributed by atoms with E-state index in [2.05, 4.69) is 34.3 Å². The molecule has 0 saturated carbocycles. The first kappa shape index (κ1) is 16.3. The number of ether oxygens (including phenoxy) is 1. The minimum absolute atomic E-state index is 0.208. The van der Waals surface area contributed by atoms with Crippen molar-refractivity contribution < 1.29 is 17.9 Å². The number of nitrogens with one attached hydrogen (secondary N) is 1. The molecule has 0 radical (unpaired) electrons. The second-order valence-electron chi connectivity index (χ2n) is 5.43. The molecule has 0 saturated heterocycles. The van der Waals surface area contributed by atoms with Crippen LogP contribution in [0.3, 0.4) is 0 Å². The molecule has 0 aliphatic heterocycles. The summed E-state index contributed by atoms with van der Waals surface area (Å²) < 4.78 is 40.2. The molecule has 5 heteroatoms. The zero-order valence-electron chi connectivity index (χ0n) is 12.8. The van der Waals surface area contributed by atoms with Crippen molar-refractivity contribution in [3.8, 4) is 5.75 Å². The number of halogens is 3. The van der Waals surface area contributed by atoms with Crippen molar-refractivity contribution in [3.05, 3.63) is 77.9 Å². The van der Waals surface area contributed by atoms with Crippen LogP contribution in [0, 0.1) is 0 Å². The molecule has 0 unspecified atom stereocenters. The largest absolute Gasteiger partial charge is 0.573 e. The average molecular weight is 331 g/mol. The number of fused-ring (bicyclic) bond motifs is 1. The van der Waals surface area contributed by atoms with Crippen molar-refractivity contribution >= 4 is 10.8 Å². The molecule has 3 aromatic rings. The van der Waals surface area contributed by atoms with Gasteiger partial charge < -0.3 is 10.1 Å². The summed E-state index contributed by atoms with van der Waals surface area (Å²) >= 11 is 0. The van der Waals surface area contributed by atoms with Gasteiger partial charge in [0.2, 0.25) is 0 Å². The lowest BCUT2D eigenvalue weighted by atomic mass is 10.0. The van der Waals surface area contributed by atoms with Crippen LogP contribution >= 0.6 is 0 Å². The van der Waals surface area contributed by atoms with Crippen LogP contribution in [-0.2, 0) is 13.1 Å². The molecule has 0 atom stereocenters. The lowest BCUT2D eigenvalue weighted by Crippen LogP contribution is -2.17. The second kappa shape index (κ2) is 6.93. The van der Waals surface area contributed by atoms with Gasteiger partial charge in [0.15, 0.2) is 0 Å². The van der Waals surface area contributed by atoms with Gasteiger partial charge in [-0.1, -0.05) is 54.6 Å². The van der Waals surface area contributed by atoms with E-state index in [1.807, 2.05) is 18.2 Å². The summed E-state index contributed by atoms with van der Waals surface area (Å²) in [7, 11) is 0. The molecule has 124 valence electrons. The van der Waals surface area contributed by atoms with Gasteiger partial charge in [0.1, 0.15) is 5.75 Å². The van der Waals surface area contributed by atoms with Crippen molar-refractivity contribution in [1.82, 2.24) is 5.32 Å². The molecule has 3 rings (SSSR count). The third-order valence-corrected chi connectivity index (χ3v) is 3.68. The van der Waals surface area contributed by atoms with Gasteiger partial charge in [0.25, 0.3) is 0 Å². The number of hydrogen-bond donors (Lipinski definition) is 1. The Hall–Kier alpha value is -2.53. The van der Waals surface area contributed by atoms with E-state index in [1.54, 1.807) is 12.1 Å². The Kier molecular flexibility index (Phi) is 4.71. The van der Waals surface area contributed by atoms with Gasteiger partial charge in [0.05, 0.1) is 0 Å². The summed E-state index contributed by atoms with van der Waals surface area (Å²) in [5, 5.41) is 5.70. The maximum Gasteiger partial charge on any atom is 0.573 e. The Balaban J connectivity index is 1.60. The highest BCUT2D eigenvalue weighted by Crippen LogP contribution is 2.23. The Morgan fingerprint density at radius 1 is 0.792 bits per heavy atom. The standard InChI is InChI=1S/C19H16F3NO/c20-19(21,22)24-17-10-8-14(9-11-17)12-23-13-16-6-3-5-15-4-1-2-7-18(15)16/h1-11,23H,12-13H2. The normalized spacial score (nSPS) is 11.6. The minimum atomic E-state index is -4.66. The van der Waals surface area contributed by atoms with Gasteiger partial charge in [-0.15, -0.1) is 13.2 Å². The Morgan fingerprint density at radius 2 is 1.50 bits per heavy atom. The van der Waals surface area contributed by atoms with Crippen molar-refractivity contribution in [3.63, 3.8) is 0 Å². The fourth-order valence-electron chi connectivity index (χ4n) is 2.60. The first-order valence-electron chi connectivity index (χ1n) is 7.53. The van der Waals surface area contributed by atoms with E-state index >= 15 is 0 Å². The number of alkyl halides is 3. The molecule has 0 aliphatic carbocycles. The van der Waals surface area contributed by atoms with Crippen molar-refractivity contribution in [2.24, 2.45) is 0 Å². The molecule has 0 aromatic heterocycles. The average Bonchev–Trinajstić information content (AvgIpc) is 2.55. The summed E-state index contributed by atoms with van der Waals surface area (Å²) in [6, 6.07) is 20.2. The van der Waals surface area contributed by atoms with Gasteiger partial charge >= 0.3 is 6.36 Å². The highest BCUT2D eigenvalue weighted by atomic mass is 19.4. The predicted octanol–water partition coefficient (Wildman–Crippen LogP) is 5.03. The van der Waals surface area contributed by atoms with Crippen LogP contribution in [0.2, 0.25) is 0 Å². The third kappa shape index (κ3) is 4.26. The quantitative estimate of drug-likeness (QED) is 0.708. The van der Waals surface area contributed by atoms with E-state index in [1.165, 1.54) is 28.5 Å². The molecule has 1 N–H and O–H groups in total. The molecular weight excluding hydrogens is 315 g/mol. The third-order valence-electron chi connectivity index (χ3n) is 3.68. The van der Waals surface area contributed by atoms with Crippen LogP contribution in [0.25, 0.3) is 10.8 Å². The molecule has 0 heterocycles. The monoisotopic (exact) mass is 331 g/mol. The Morgan fingerprint density at radius 3 is 2.25 bits per heavy atom. The summed E-state index contributed by atoms with van der Waals surface area (Å²) in [4.78, 5) is 0. The van der Waals surface area contributed by atoms with E-state index in [4.69, 9.17) is 0 Å². The second-order valence-corrected chi connectivity index (χ2v) is 5.43. The minimum Gasteiger partial charge on any atom is -0.406 e. The van der Waals surface area contributed by atoms with E-state index < -0.39 is 6.36 Å². The van der Waals surface area contributed by atoms with E-state index in [9.17, 15) is 13.2 Å². The maximum atomic E-state index is 12.1. The topological polar surface area (TPSA) is 21.3 Å². The summed E-state index contributed by atoms with van der Waals surface area (Å²) in [6.07, 6.45) is -4.66. The van der Waals surface area contributed by atoms with Crippen LogP contribution in [0.1, 0.15) is 11.1 Å². The fourth-order valence-corrected chi connectivity index (χ4v) is 2.60. The smallest absolute Gasteiger partial charge is 0.406 e. The summed E-state index contributed by atoms with van der Waals surface area (Å²) in [5.74, 6) is -0.208. The molecule has 0 amide bonds. The van der Waals surface area contributed by atoms with Crippen molar-refractivity contribution in [2.75, 3.05) is 0 Å². The first-order chi connectivity index (χ1) is 11.5. The zero-order chi connectivity index (χ0) is 17.0. The molecule has 0 aliphatic rings. The first-order valence-corrected chi connectivity index (χ1v) is 7.53. The number of rotatable bonds is 5. The molecule has 24 heavy (non-hydrogen) atoms. The highest BCUT2D eigenvalue weighted by Gasteiger charge is 2.30. The zero-order valence-corrected chi connectivity index (χ0v) is 12.8. The number of hydrogen-bond acceptors (Lipinski definition) is 2. The Labute approximate surface area is 137 Å². The Bertz CT molecular complexity index is 807. The molecule has 0 bridgehead atoms. The van der Waals surface area contributed by atoms with Crippen LogP contribution in [0.4, 0.5) is 13.2 Å². The lowest BCUT2D eigenvalue weighted by Gasteiger charge is -2.10. The molecular formula is C19H16F3NO. The fraction of sp³-hybridized carbons (Fsp3) is 0.158. The molecule has 2 nitrogen and oxygen atoms in total.